The van der Waals surface area contributed by atoms with Crippen LogP contribution in [0.2, 0.25) is 0 Å². The predicted molar refractivity (Wildman–Crippen MR) is 101 cm³/mol. The summed E-state index contributed by atoms with van der Waals surface area (Å²) in [6.07, 6.45) is -1.22. The summed E-state index contributed by atoms with van der Waals surface area (Å²) < 4.78 is 27.1. The lowest BCUT2D eigenvalue weighted by atomic mass is 9.87. The van der Waals surface area contributed by atoms with Gasteiger partial charge in [-0.1, -0.05) is 18.2 Å². The quantitative estimate of drug-likeness (QED) is 0.264. The summed E-state index contributed by atoms with van der Waals surface area (Å²) in [4.78, 5) is 37.1. The number of carbonyl (C=O) groups is 3. The summed E-state index contributed by atoms with van der Waals surface area (Å²) in [5, 5.41) is 2.71. The fraction of sp³-hybridized carbons (Fsp3) is 0.550. The van der Waals surface area contributed by atoms with Crippen molar-refractivity contribution >= 4 is 18.2 Å². The highest BCUT2D eigenvalue weighted by Crippen LogP contribution is 2.36. The largest absolute Gasteiger partial charge is 0.467 e. The van der Waals surface area contributed by atoms with E-state index in [0.717, 1.165) is 0 Å². The number of hydrogen-bond donors (Lipinski definition) is 1. The standard InChI is InChI=1S/C20H27NO8/c1-19(2)28-15(10-11-22)16(29-19)20(18(24)26-4,12-27-13-25-3)21-17(23)14-8-6-5-7-9-14/h5-9,11,15-16H,10,12-13H2,1-4H3,(H,21,23)/t15-,16+,20+/m1/s1. The highest BCUT2D eigenvalue weighted by atomic mass is 16.8. The van der Waals surface area contributed by atoms with E-state index in [-0.39, 0.29) is 19.8 Å². The molecular formula is C20H27NO8. The molecule has 1 fully saturated rings. The number of rotatable bonds is 10. The SMILES string of the molecule is COCOC[C@@](NC(=O)c1ccccc1)(C(=O)OC)[C@H]1OC(C)(C)O[C@@H]1CC=O. The molecule has 0 spiro atoms. The van der Waals surface area contributed by atoms with Gasteiger partial charge in [-0.15, -0.1) is 0 Å². The van der Waals surface area contributed by atoms with Gasteiger partial charge >= 0.3 is 5.97 Å². The van der Waals surface area contributed by atoms with Gasteiger partial charge in [0.1, 0.15) is 19.2 Å². The van der Waals surface area contributed by atoms with Gasteiger partial charge in [-0.3, -0.25) is 4.79 Å². The third kappa shape index (κ3) is 5.39. The second-order valence-corrected chi connectivity index (χ2v) is 7.04. The van der Waals surface area contributed by atoms with E-state index in [4.69, 9.17) is 23.7 Å². The monoisotopic (exact) mass is 409 g/mol. The van der Waals surface area contributed by atoms with Gasteiger partial charge in [0.15, 0.2) is 11.3 Å². The van der Waals surface area contributed by atoms with Crippen molar-refractivity contribution in [1.82, 2.24) is 5.32 Å². The Hall–Kier alpha value is -2.33. The van der Waals surface area contributed by atoms with Crippen LogP contribution in [-0.2, 0) is 33.3 Å². The molecule has 1 aliphatic rings. The topological polar surface area (TPSA) is 109 Å². The van der Waals surface area contributed by atoms with E-state index in [2.05, 4.69) is 5.32 Å². The highest BCUT2D eigenvalue weighted by molar-refractivity contribution is 5.98. The normalized spacial score (nSPS) is 22.5. The molecule has 1 aliphatic heterocycles. The van der Waals surface area contributed by atoms with Crippen LogP contribution in [0.5, 0.6) is 0 Å². The Balaban J connectivity index is 2.47. The zero-order chi connectivity index (χ0) is 21.5. The summed E-state index contributed by atoms with van der Waals surface area (Å²) in [5.74, 6) is -2.41. The van der Waals surface area contributed by atoms with Crippen LogP contribution < -0.4 is 5.32 Å². The van der Waals surface area contributed by atoms with E-state index in [1.807, 2.05) is 0 Å². The van der Waals surface area contributed by atoms with Gasteiger partial charge in [-0.05, 0) is 26.0 Å². The number of amides is 1. The van der Waals surface area contributed by atoms with Crippen molar-refractivity contribution in [1.29, 1.82) is 0 Å². The third-order valence-electron chi connectivity index (χ3n) is 4.45. The van der Waals surface area contributed by atoms with Crippen molar-refractivity contribution in [3.63, 3.8) is 0 Å². The molecule has 0 saturated carbocycles. The van der Waals surface area contributed by atoms with E-state index < -0.39 is 35.4 Å². The maximum Gasteiger partial charge on any atom is 0.336 e. The number of esters is 1. The number of ether oxygens (including phenoxy) is 5. The summed E-state index contributed by atoms with van der Waals surface area (Å²) in [5.41, 5.74) is -1.44. The number of hydrogen-bond acceptors (Lipinski definition) is 8. The van der Waals surface area contributed by atoms with Gasteiger partial charge in [-0.2, -0.15) is 0 Å². The molecule has 0 aromatic heterocycles. The molecule has 0 bridgehead atoms. The fourth-order valence-electron chi connectivity index (χ4n) is 3.27. The fourth-order valence-corrected chi connectivity index (χ4v) is 3.27. The average molecular weight is 409 g/mol. The van der Waals surface area contributed by atoms with Gasteiger partial charge < -0.3 is 33.8 Å². The first-order valence-electron chi connectivity index (χ1n) is 9.11. The Kier molecular flexibility index (Phi) is 7.86. The van der Waals surface area contributed by atoms with Gasteiger partial charge in [-0.25, -0.2) is 4.79 Å². The summed E-state index contributed by atoms with van der Waals surface area (Å²) in [7, 11) is 2.62. The third-order valence-corrected chi connectivity index (χ3v) is 4.45. The molecule has 3 atom stereocenters. The minimum Gasteiger partial charge on any atom is -0.467 e. The zero-order valence-corrected chi connectivity index (χ0v) is 17.0. The van der Waals surface area contributed by atoms with Crippen molar-refractivity contribution in [3.8, 4) is 0 Å². The molecule has 1 saturated heterocycles. The van der Waals surface area contributed by atoms with Crippen molar-refractivity contribution in [2.75, 3.05) is 27.6 Å². The maximum atomic E-state index is 13.0. The van der Waals surface area contributed by atoms with E-state index in [0.29, 0.717) is 11.8 Å². The summed E-state index contributed by atoms with van der Waals surface area (Å²) >= 11 is 0. The van der Waals surface area contributed by atoms with Crippen LogP contribution in [0, 0.1) is 0 Å². The van der Waals surface area contributed by atoms with Gasteiger partial charge in [0.05, 0.1) is 19.8 Å². The second kappa shape index (κ2) is 9.93. The first kappa shape index (κ1) is 23.0. The molecule has 1 aromatic rings. The Morgan fingerprint density at radius 3 is 2.48 bits per heavy atom. The van der Waals surface area contributed by atoms with Gasteiger partial charge in [0, 0.05) is 19.1 Å². The van der Waals surface area contributed by atoms with E-state index >= 15 is 0 Å². The smallest absolute Gasteiger partial charge is 0.336 e. The van der Waals surface area contributed by atoms with Crippen LogP contribution in [0.4, 0.5) is 0 Å². The van der Waals surface area contributed by atoms with Crippen LogP contribution in [0.3, 0.4) is 0 Å². The number of methoxy groups -OCH3 is 2. The first-order chi connectivity index (χ1) is 13.8. The zero-order valence-electron chi connectivity index (χ0n) is 17.0. The van der Waals surface area contributed by atoms with E-state index in [1.54, 1.807) is 44.2 Å². The number of carbonyl (C=O) groups excluding carboxylic acids is 3. The minimum absolute atomic E-state index is 0.0433. The number of aldehydes is 1. The van der Waals surface area contributed by atoms with Gasteiger partial charge in [0.2, 0.25) is 0 Å². The Morgan fingerprint density at radius 2 is 1.90 bits per heavy atom. The molecule has 160 valence electrons. The highest BCUT2D eigenvalue weighted by Gasteiger charge is 2.58. The minimum atomic E-state index is -1.78. The Bertz CT molecular complexity index is 708. The average Bonchev–Trinajstić information content (AvgIpc) is 3.02. The molecule has 0 unspecified atom stereocenters. The molecule has 1 heterocycles. The molecule has 1 aromatic carbocycles. The van der Waals surface area contributed by atoms with Crippen LogP contribution >= 0.6 is 0 Å². The molecule has 0 radical (unpaired) electrons. The van der Waals surface area contributed by atoms with Crippen molar-refractivity contribution in [3.05, 3.63) is 35.9 Å². The van der Waals surface area contributed by atoms with Crippen molar-refractivity contribution in [2.24, 2.45) is 0 Å². The molecule has 1 N–H and O–H groups in total. The van der Waals surface area contributed by atoms with Crippen molar-refractivity contribution < 1.29 is 38.1 Å². The Labute approximate surface area is 169 Å². The second-order valence-electron chi connectivity index (χ2n) is 7.04. The number of nitrogens with one attached hydrogen (secondary N) is 1. The number of benzene rings is 1. The molecular weight excluding hydrogens is 382 g/mol. The lowest BCUT2D eigenvalue weighted by Crippen LogP contribution is -2.67. The molecule has 0 aliphatic carbocycles. The lowest BCUT2D eigenvalue weighted by molar-refractivity contribution is -0.175. The van der Waals surface area contributed by atoms with Crippen LogP contribution in [0.25, 0.3) is 0 Å². The molecule has 29 heavy (non-hydrogen) atoms. The van der Waals surface area contributed by atoms with Crippen LogP contribution in [0.1, 0.15) is 30.6 Å². The summed E-state index contributed by atoms with van der Waals surface area (Å²) in [6.45, 7) is 2.87. The first-order valence-corrected chi connectivity index (χ1v) is 9.11. The maximum absolute atomic E-state index is 13.0. The van der Waals surface area contributed by atoms with Crippen molar-refractivity contribution in [2.45, 2.75) is 43.8 Å². The predicted octanol–water partition coefficient (Wildman–Crippen LogP) is 1.06. The molecule has 9 nitrogen and oxygen atoms in total. The summed E-state index contributed by atoms with van der Waals surface area (Å²) in [6, 6.07) is 8.37. The lowest BCUT2D eigenvalue weighted by Gasteiger charge is -2.37. The van der Waals surface area contributed by atoms with Crippen LogP contribution in [-0.4, -0.2) is 69.3 Å². The van der Waals surface area contributed by atoms with E-state index in [9.17, 15) is 14.4 Å². The Morgan fingerprint density at radius 1 is 1.21 bits per heavy atom. The molecule has 1 amide bonds. The molecule has 9 heteroatoms. The van der Waals surface area contributed by atoms with E-state index in [1.165, 1.54) is 14.2 Å². The van der Waals surface area contributed by atoms with Crippen LogP contribution in [0.15, 0.2) is 30.3 Å². The van der Waals surface area contributed by atoms with Gasteiger partial charge in [0.25, 0.3) is 5.91 Å². The molecule has 2 rings (SSSR count).